The maximum atomic E-state index is 13.4. The van der Waals surface area contributed by atoms with Crippen molar-refractivity contribution in [3.63, 3.8) is 0 Å². The fourth-order valence-corrected chi connectivity index (χ4v) is 6.17. The molecule has 0 amide bonds. The third-order valence-corrected chi connectivity index (χ3v) is 7.80. The molecule has 0 saturated carbocycles. The molecule has 2 aromatic rings. The Morgan fingerprint density at radius 3 is 2.68 bits per heavy atom. The second-order valence-corrected chi connectivity index (χ2v) is 10.1. The monoisotopic (exact) mass is 457 g/mol. The van der Waals surface area contributed by atoms with E-state index < -0.39 is 0 Å². The minimum atomic E-state index is -0.388. The fraction of sp³-hybridized carbons (Fsp3) is 0.417. The first-order valence-electron chi connectivity index (χ1n) is 10.6. The van der Waals surface area contributed by atoms with Crippen molar-refractivity contribution in [3.05, 3.63) is 66.8 Å². The summed E-state index contributed by atoms with van der Waals surface area (Å²) in [4.78, 5) is 29.9. The number of thiophene rings is 2. The van der Waals surface area contributed by atoms with Crippen molar-refractivity contribution in [2.75, 3.05) is 19.8 Å². The van der Waals surface area contributed by atoms with Crippen molar-refractivity contribution >= 4 is 34.4 Å². The Bertz CT molecular complexity index is 1030. The van der Waals surface area contributed by atoms with Crippen LogP contribution in [-0.4, -0.2) is 31.6 Å². The molecular formula is C24H27NO4S2. The van der Waals surface area contributed by atoms with E-state index in [-0.39, 0.29) is 30.2 Å². The predicted molar refractivity (Wildman–Crippen MR) is 123 cm³/mol. The highest BCUT2D eigenvalue weighted by molar-refractivity contribution is 7.12. The number of ketones is 1. The zero-order valence-electron chi connectivity index (χ0n) is 18.0. The molecule has 1 aliphatic carbocycles. The zero-order valence-corrected chi connectivity index (χ0v) is 19.7. The summed E-state index contributed by atoms with van der Waals surface area (Å²) in [7, 11) is 0. The van der Waals surface area contributed by atoms with Gasteiger partial charge in [0.25, 0.3) is 0 Å². The summed E-state index contributed by atoms with van der Waals surface area (Å²) in [6.45, 7) is 6.97. The van der Waals surface area contributed by atoms with Crippen LogP contribution < -0.4 is 5.32 Å². The van der Waals surface area contributed by atoms with E-state index in [1.807, 2.05) is 39.0 Å². The van der Waals surface area contributed by atoms with Crippen LogP contribution in [0.2, 0.25) is 0 Å². The number of dihydropyridines is 1. The van der Waals surface area contributed by atoms with Crippen molar-refractivity contribution in [1.29, 1.82) is 0 Å². The van der Waals surface area contributed by atoms with Gasteiger partial charge in [0.2, 0.25) is 0 Å². The smallest absolute Gasteiger partial charge is 0.336 e. The van der Waals surface area contributed by atoms with Gasteiger partial charge in [-0.15, -0.1) is 22.7 Å². The van der Waals surface area contributed by atoms with Gasteiger partial charge in [0, 0.05) is 50.5 Å². The lowest BCUT2D eigenvalue weighted by molar-refractivity contribution is -0.140. The second-order valence-electron chi connectivity index (χ2n) is 7.81. The molecule has 1 aliphatic heterocycles. The molecule has 164 valence electrons. The average molecular weight is 458 g/mol. The van der Waals surface area contributed by atoms with Crippen LogP contribution in [0.5, 0.6) is 0 Å². The second kappa shape index (κ2) is 9.51. The number of carbonyl (C=O) groups excluding carboxylic acids is 2. The molecule has 0 bridgehead atoms. The van der Waals surface area contributed by atoms with Gasteiger partial charge in [0.1, 0.15) is 6.61 Å². The summed E-state index contributed by atoms with van der Waals surface area (Å²) in [5.74, 6) is -0.487. The Balaban J connectivity index is 1.69. The molecule has 1 N–H and O–H groups in total. The van der Waals surface area contributed by atoms with Gasteiger partial charge in [-0.25, -0.2) is 4.79 Å². The number of rotatable bonds is 7. The summed E-state index contributed by atoms with van der Waals surface area (Å²) in [6.07, 6.45) is 1.24. The number of hydrogen-bond donors (Lipinski definition) is 1. The number of allylic oxidation sites excluding steroid dienone is 3. The molecule has 2 aliphatic rings. The SMILES string of the molecule is CCOCCOC(=O)C1=C(C)NC2=C(C(=O)C[C@H](c3cccs3)C2)[C@@H]1c1ccc(C)s1. The lowest BCUT2D eigenvalue weighted by atomic mass is 9.74. The first-order chi connectivity index (χ1) is 15.0. The molecule has 0 fully saturated rings. The van der Waals surface area contributed by atoms with Crippen LogP contribution in [0.4, 0.5) is 0 Å². The van der Waals surface area contributed by atoms with Crippen LogP contribution in [0.15, 0.2) is 52.2 Å². The molecule has 3 heterocycles. The lowest BCUT2D eigenvalue weighted by Gasteiger charge is -2.35. The topological polar surface area (TPSA) is 64.6 Å². The Labute approximate surface area is 190 Å². The standard InChI is InChI=1S/C24H27NO4S2/c1-4-28-9-10-29-24(27)21-15(3)25-17-12-16(19-6-5-11-30-19)13-18(26)22(17)23(21)20-8-7-14(2)31-20/h5-8,11,16,23,25H,4,9-10,12-13H2,1-3H3/t16-,23-/m1/s1. The fourth-order valence-electron chi connectivity index (χ4n) is 4.34. The van der Waals surface area contributed by atoms with Crippen LogP contribution in [0.3, 0.4) is 0 Å². The highest BCUT2D eigenvalue weighted by Gasteiger charge is 2.42. The van der Waals surface area contributed by atoms with E-state index in [1.165, 1.54) is 4.88 Å². The van der Waals surface area contributed by atoms with Gasteiger partial charge in [-0.05, 0) is 50.8 Å². The third kappa shape index (κ3) is 4.54. The van der Waals surface area contributed by atoms with Gasteiger partial charge >= 0.3 is 5.97 Å². The zero-order chi connectivity index (χ0) is 22.0. The maximum absolute atomic E-state index is 13.4. The van der Waals surface area contributed by atoms with Crippen LogP contribution in [-0.2, 0) is 19.1 Å². The molecule has 5 nitrogen and oxygen atoms in total. The Morgan fingerprint density at radius 1 is 1.16 bits per heavy atom. The Hall–Kier alpha value is -2.22. The molecule has 4 rings (SSSR count). The van der Waals surface area contributed by atoms with E-state index in [0.717, 1.165) is 33.1 Å². The van der Waals surface area contributed by atoms with E-state index in [2.05, 4.69) is 16.8 Å². The molecule has 7 heteroatoms. The van der Waals surface area contributed by atoms with E-state index in [1.54, 1.807) is 22.7 Å². The van der Waals surface area contributed by atoms with Gasteiger partial charge in [-0.3, -0.25) is 4.79 Å². The third-order valence-electron chi connectivity index (χ3n) is 5.70. The van der Waals surface area contributed by atoms with Crippen molar-refractivity contribution in [2.45, 2.75) is 45.4 Å². The minimum absolute atomic E-state index is 0.107. The van der Waals surface area contributed by atoms with E-state index >= 15 is 0 Å². The van der Waals surface area contributed by atoms with Crippen LogP contribution in [0.25, 0.3) is 0 Å². The number of nitrogens with one attached hydrogen (secondary N) is 1. The Kier molecular flexibility index (Phi) is 6.74. The van der Waals surface area contributed by atoms with Gasteiger partial charge in [0.15, 0.2) is 5.78 Å². The first-order valence-corrected chi connectivity index (χ1v) is 12.3. The normalized spacial score (nSPS) is 21.2. The lowest BCUT2D eigenvalue weighted by Crippen LogP contribution is -2.36. The molecule has 2 aromatic heterocycles. The molecular weight excluding hydrogens is 430 g/mol. The summed E-state index contributed by atoms with van der Waals surface area (Å²) >= 11 is 3.32. The predicted octanol–water partition coefficient (Wildman–Crippen LogP) is 5.06. The number of carbonyl (C=O) groups is 2. The highest BCUT2D eigenvalue weighted by Crippen LogP contribution is 2.47. The molecule has 0 spiro atoms. The van der Waals surface area contributed by atoms with Crippen molar-refractivity contribution in [3.8, 4) is 0 Å². The molecule has 0 saturated heterocycles. The number of aryl methyl sites for hydroxylation is 1. The van der Waals surface area contributed by atoms with Crippen molar-refractivity contribution < 1.29 is 19.1 Å². The van der Waals surface area contributed by atoms with Crippen LogP contribution in [0.1, 0.15) is 53.2 Å². The number of hydrogen-bond acceptors (Lipinski definition) is 7. The van der Waals surface area contributed by atoms with E-state index in [9.17, 15) is 9.59 Å². The van der Waals surface area contributed by atoms with E-state index in [4.69, 9.17) is 9.47 Å². The van der Waals surface area contributed by atoms with Crippen molar-refractivity contribution in [1.82, 2.24) is 5.32 Å². The molecule has 0 unspecified atom stereocenters. The average Bonchev–Trinajstić information content (AvgIpc) is 3.42. The molecule has 2 atom stereocenters. The maximum Gasteiger partial charge on any atom is 0.336 e. The number of esters is 1. The quantitative estimate of drug-likeness (QED) is 0.465. The number of Topliss-reactive ketones (excluding diaryl/α,β-unsaturated/α-hetero) is 1. The summed E-state index contributed by atoms with van der Waals surface area (Å²) < 4.78 is 10.8. The molecule has 31 heavy (non-hydrogen) atoms. The Morgan fingerprint density at radius 2 is 2.00 bits per heavy atom. The van der Waals surface area contributed by atoms with Crippen LogP contribution in [0, 0.1) is 6.92 Å². The highest BCUT2D eigenvalue weighted by atomic mass is 32.1. The van der Waals surface area contributed by atoms with Gasteiger partial charge in [-0.1, -0.05) is 6.07 Å². The van der Waals surface area contributed by atoms with Gasteiger partial charge in [0.05, 0.1) is 18.1 Å². The van der Waals surface area contributed by atoms with Gasteiger partial charge in [-0.2, -0.15) is 0 Å². The number of ether oxygens (including phenoxy) is 2. The summed E-state index contributed by atoms with van der Waals surface area (Å²) in [5, 5.41) is 5.45. The van der Waals surface area contributed by atoms with Crippen LogP contribution >= 0.6 is 22.7 Å². The summed E-state index contributed by atoms with van der Waals surface area (Å²) in [5.41, 5.74) is 2.95. The van der Waals surface area contributed by atoms with E-state index in [0.29, 0.717) is 25.2 Å². The van der Waals surface area contributed by atoms with Gasteiger partial charge < -0.3 is 14.8 Å². The molecule has 0 aromatic carbocycles. The first kappa shape index (κ1) is 22.0. The summed E-state index contributed by atoms with van der Waals surface area (Å²) in [6, 6.07) is 8.19. The largest absolute Gasteiger partial charge is 0.460 e. The molecule has 0 radical (unpaired) electrons. The minimum Gasteiger partial charge on any atom is -0.460 e. The van der Waals surface area contributed by atoms with Crippen molar-refractivity contribution in [2.24, 2.45) is 0 Å².